The molecule has 1 aromatic rings. The molecule has 3 nitrogen and oxygen atoms in total. The van der Waals surface area contributed by atoms with Gasteiger partial charge in [0.1, 0.15) is 0 Å². The minimum absolute atomic E-state index is 0.0795. The third-order valence-electron chi connectivity index (χ3n) is 4.51. The Morgan fingerprint density at radius 3 is 2.65 bits per heavy atom. The van der Waals surface area contributed by atoms with E-state index in [1.54, 1.807) is 25.2 Å². The molecule has 1 heterocycles. The highest BCUT2D eigenvalue weighted by molar-refractivity contribution is 7.14. The quantitative estimate of drug-likeness (QED) is 0.900. The van der Waals surface area contributed by atoms with Gasteiger partial charge in [-0.25, -0.2) is 0 Å². The Hall–Kier alpha value is -0.870. The van der Waals surface area contributed by atoms with Gasteiger partial charge in [0.15, 0.2) is 0 Å². The van der Waals surface area contributed by atoms with E-state index in [1.807, 2.05) is 19.9 Å². The second kappa shape index (κ2) is 5.15. The van der Waals surface area contributed by atoms with Gasteiger partial charge in [-0.2, -0.15) is 0 Å². The molecule has 4 heteroatoms. The summed E-state index contributed by atoms with van der Waals surface area (Å²) in [6, 6.07) is 2.03. The highest BCUT2D eigenvalue weighted by Crippen LogP contribution is 2.32. The molecule has 112 valence electrons. The van der Waals surface area contributed by atoms with E-state index >= 15 is 0 Å². The summed E-state index contributed by atoms with van der Waals surface area (Å²) < 4.78 is 0. The van der Waals surface area contributed by atoms with Crippen molar-refractivity contribution in [3.05, 3.63) is 21.4 Å². The normalized spacial score (nSPS) is 19.6. The van der Waals surface area contributed by atoms with Gasteiger partial charge in [0.25, 0.3) is 5.91 Å². The minimum atomic E-state index is -0.964. The Morgan fingerprint density at radius 1 is 1.40 bits per heavy atom. The zero-order valence-corrected chi connectivity index (χ0v) is 13.9. The first kappa shape index (κ1) is 15.5. The monoisotopic (exact) mass is 295 g/mol. The maximum atomic E-state index is 12.4. The molecular formula is C16H25NO2S. The second-order valence-electron chi connectivity index (χ2n) is 7.05. The summed E-state index contributed by atoms with van der Waals surface area (Å²) in [7, 11) is 0. The van der Waals surface area contributed by atoms with Gasteiger partial charge in [0.2, 0.25) is 0 Å². The van der Waals surface area contributed by atoms with Crippen LogP contribution in [0.2, 0.25) is 0 Å². The predicted molar refractivity (Wildman–Crippen MR) is 83.4 cm³/mol. The molecule has 1 atom stereocenters. The van der Waals surface area contributed by atoms with Crippen LogP contribution in [0.5, 0.6) is 0 Å². The average Bonchev–Trinajstić information content (AvgIpc) is 2.69. The fourth-order valence-electron chi connectivity index (χ4n) is 2.32. The number of amides is 1. The fraction of sp³-hybridized carbons (Fsp3) is 0.688. The van der Waals surface area contributed by atoms with Crippen LogP contribution in [0, 0.1) is 5.92 Å². The first-order valence-electron chi connectivity index (χ1n) is 7.26. The molecule has 1 aromatic heterocycles. The van der Waals surface area contributed by atoms with Crippen LogP contribution < -0.4 is 5.32 Å². The zero-order valence-electron chi connectivity index (χ0n) is 13.0. The molecule has 0 aromatic carbocycles. The lowest BCUT2D eigenvalue weighted by Crippen LogP contribution is -2.57. The van der Waals surface area contributed by atoms with Crippen LogP contribution in [0.4, 0.5) is 0 Å². The number of aliphatic hydroxyl groups is 1. The number of hydrogen-bond acceptors (Lipinski definition) is 3. The van der Waals surface area contributed by atoms with Gasteiger partial charge in [0.05, 0.1) is 16.0 Å². The number of rotatable bonds is 3. The number of carbonyl (C=O) groups is 1. The summed E-state index contributed by atoms with van der Waals surface area (Å²) in [5.74, 6) is 0.630. The van der Waals surface area contributed by atoms with E-state index in [0.717, 1.165) is 17.7 Å². The molecule has 2 rings (SSSR count). The van der Waals surface area contributed by atoms with Crippen molar-refractivity contribution < 1.29 is 9.90 Å². The van der Waals surface area contributed by atoms with Crippen LogP contribution in [0.15, 0.2) is 6.07 Å². The lowest BCUT2D eigenvalue weighted by molar-refractivity contribution is -0.00284. The number of carbonyl (C=O) groups excluding carboxylic acids is 1. The van der Waals surface area contributed by atoms with E-state index in [4.69, 9.17) is 0 Å². The first-order chi connectivity index (χ1) is 9.10. The molecule has 0 saturated carbocycles. The van der Waals surface area contributed by atoms with E-state index in [1.165, 1.54) is 16.9 Å². The van der Waals surface area contributed by atoms with Crippen LogP contribution in [0.3, 0.4) is 0 Å². The molecule has 0 spiro atoms. The molecule has 0 bridgehead atoms. The van der Waals surface area contributed by atoms with Crippen molar-refractivity contribution in [2.24, 2.45) is 5.92 Å². The number of aryl methyl sites for hydroxylation is 1. The molecule has 0 radical (unpaired) electrons. The third kappa shape index (κ3) is 3.07. The van der Waals surface area contributed by atoms with Crippen molar-refractivity contribution in [3.8, 4) is 0 Å². The number of fused-ring (bicyclic) bond motifs is 1. The van der Waals surface area contributed by atoms with E-state index in [0.29, 0.717) is 5.92 Å². The van der Waals surface area contributed by atoms with E-state index in [9.17, 15) is 9.90 Å². The standard InChI is InChI=1S/C16H25NO2S/c1-10-6-7-12-11(8-10)9-13(20-12)14(18)17-15(2,3)16(4,5)19/h9-10,19H,6-8H2,1-5H3,(H,17,18). The molecule has 1 amide bonds. The molecule has 0 saturated heterocycles. The van der Waals surface area contributed by atoms with Crippen LogP contribution in [-0.4, -0.2) is 22.2 Å². The summed E-state index contributed by atoms with van der Waals surface area (Å²) in [6.45, 7) is 9.39. The Bertz CT molecular complexity index is 511. The highest BCUT2D eigenvalue weighted by Gasteiger charge is 2.37. The van der Waals surface area contributed by atoms with Gasteiger partial charge >= 0.3 is 0 Å². The van der Waals surface area contributed by atoms with Crippen molar-refractivity contribution >= 4 is 17.2 Å². The van der Waals surface area contributed by atoms with Gasteiger partial charge in [-0.3, -0.25) is 4.79 Å². The molecule has 1 aliphatic rings. The molecule has 2 N–H and O–H groups in total. The summed E-state index contributed by atoms with van der Waals surface area (Å²) in [4.78, 5) is 14.5. The van der Waals surface area contributed by atoms with Gasteiger partial charge in [-0.05, 0) is 64.5 Å². The van der Waals surface area contributed by atoms with Crippen LogP contribution in [0.25, 0.3) is 0 Å². The molecule has 20 heavy (non-hydrogen) atoms. The summed E-state index contributed by atoms with van der Waals surface area (Å²) >= 11 is 1.60. The Balaban J connectivity index is 2.15. The predicted octanol–water partition coefficient (Wildman–Crippen LogP) is 3.15. The van der Waals surface area contributed by atoms with Crippen molar-refractivity contribution in [2.45, 2.75) is 65.0 Å². The second-order valence-corrected chi connectivity index (χ2v) is 8.18. The lowest BCUT2D eigenvalue weighted by Gasteiger charge is -2.37. The average molecular weight is 295 g/mol. The molecule has 1 unspecified atom stereocenters. The molecule has 1 aliphatic carbocycles. The largest absolute Gasteiger partial charge is 0.388 e. The number of hydrogen-bond donors (Lipinski definition) is 2. The fourth-order valence-corrected chi connectivity index (χ4v) is 3.42. The maximum Gasteiger partial charge on any atom is 0.261 e. The van der Waals surface area contributed by atoms with E-state index in [2.05, 4.69) is 12.2 Å². The van der Waals surface area contributed by atoms with E-state index < -0.39 is 11.1 Å². The first-order valence-corrected chi connectivity index (χ1v) is 8.08. The zero-order chi connectivity index (χ0) is 15.1. The van der Waals surface area contributed by atoms with Crippen LogP contribution in [-0.2, 0) is 12.8 Å². The summed E-state index contributed by atoms with van der Waals surface area (Å²) in [5, 5.41) is 13.1. The summed E-state index contributed by atoms with van der Waals surface area (Å²) in [5.41, 5.74) is -0.296. The Labute approximate surface area is 125 Å². The SMILES string of the molecule is CC1CCc2sc(C(=O)NC(C)(C)C(C)(C)O)cc2C1. The minimum Gasteiger partial charge on any atom is -0.388 e. The maximum absolute atomic E-state index is 12.4. The third-order valence-corrected chi connectivity index (χ3v) is 5.74. The van der Waals surface area contributed by atoms with Gasteiger partial charge in [-0.15, -0.1) is 11.3 Å². The van der Waals surface area contributed by atoms with E-state index in [-0.39, 0.29) is 5.91 Å². The van der Waals surface area contributed by atoms with Crippen molar-refractivity contribution in [3.63, 3.8) is 0 Å². The van der Waals surface area contributed by atoms with Crippen molar-refractivity contribution in [2.75, 3.05) is 0 Å². The smallest absolute Gasteiger partial charge is 0.261 e. The number of nitrogens with one attached hydrogen (secondary N) is 1. The van der Waals surface area contributed by atoms with Gasteiger partial charge in [0, 0.05) is 4.88 Å². The van der Waals surface area contributed by atoms with Crippen LogP contribution >= 0.6 is 11.3 Å². The topological polar surface area (TPSA) is 49.3 Å². The summed E-state index contributed by atoms with van der Waals surface area (Å²) in [6.07, 6.45) is 3.38. The van der Waals surface area contributed by atoms with Crippen molar-refractivity contribution in [1.29, 1.82) is 0 Å². The molecule has 0 aliphatic heterocycles. The lowest BCUT2D eigenvalue weighted by atomic mass is 9.86. The number of thiophene rings is 1. The Kier molecular flexibility index (Phi) is 4.00. The Morgan fingerprint density at radius 2 is 2.05 bits per heavy atom. The molecule has 0 fully saturated rings. The van der Waals surface area contributed by atoms with Gasteiger partial charge in [-0.1, -0.05) is 6.92 Å². The molecular weight excluding hydrogens is 270 g/mol. The highest BCUT2D eigenvalue weighted by atomic mass is 32.1. The van der Waals surface area contributed by atoms with Crippen LogP contribution in [0.1, 0.15) is 61.2 Å². The van der Waals surface area contributed by atoms with Crippen molar-refractivity contribution in [1.82, 2.24) is 5.32 Å². The van der Waals surface area contributed by atoms with Gasteiger partial charge < -0.3 is 10.4 Å².